The number of hydrogen-bond donors (Lipinski definition) is 1. The molecule has 20 heavy (non-hydrogen) atoms. The maximum absolute atomic E-state index is 11.0. The minimum Gasteiger partial charge on any atom is -0.394 e. The Morgan fingerprint density at radius 2 is 2.20 bits per heavy atom. The number of aliphatic hydroxyl groups excluding tert-OH is 1. The third-order valence-electron chi connectivity index (χ3n) is 3.72. The Balaban J connectivity index is 2.10. The molecule has 1 N–H and O–H groups in total. The molecule has 3 rings (SSSR count). The second kappa shape index (κ2) is 5.04. The number of anilines is 1. The largest absolute Gasteiger partial charge is 0.394 e. The second-order valence-corrected chi connectivity index (χ2v) is 4.85. The molecule has 2 heterocycles. The molecule has 1 fully saturated rings. The second-order valence-electron chi connectivity index (χ2n) is 4.85. The highest BCUT2D eigenvalue weighted by Gasteiger charge is 2.27. The summed E-state index contributed by atoms with van der Waals surface area (Å²) in [5, 5.41) is 27.9. The maximum atomic E-state index is 11.0. The number of non-ortho nitro benzene ring substituents is 1. The van der Waals surface area contributed by atoms with Crippen LogP contribution in [0.3, 0.4) is 0 Å². The fourth-order valence-electron chi connectivity index (χ4n) is 2.73. The van der Waals surface area contributed by atoms with Gasteiger partial charge in [-0.1, -0.05) is 0 Å². The highest BCUT2D eigenvalue weighted by molar-refractivity contribution is 5.94. The minimum absolute atomic E-state index is 0.00473. The molecule has 0 saturated carbocycles. The SMILES string of the molecule is O=[N+]([O-])c1ccc(N2CCCCC2CO)c2nonc12. The molecule has 1 aliphatic rings. The average Bonchev–Trinajstić information content (AvgIpc) is 2.95. The first-order valence-electron chi connectivity index (χ1n) is 6.49. The number of rotatable bonds is 3. The molecule has 0 radical (unpaired) electrons. The molecule has 0 bridgehead atoms. The van der Waals surface area contributed by atoms with Crippen LogP contribution in [0.4, 0.5) is 11.4 Å². The van der Waals surface area contributed by atoms with Crippen LogP contribution in [0.15, 0.2) is 16.8 Å². The standard InChI is InChI=1S/C12H14N4O4/c17-7-8-3-1-2-6-15(8)9-4-5-10(16(18)19)12-11(9)13-20-14-12/h4-5,8,17H,1-3,6-7H2. The molecule has 1 aliphatic heterocycles. The third-order valence-corrected chi connectivity index (χ3v) is 3.72. The molecule has 0 spiro atoms. The summed E-state index contributed by atoms with van der Waals surface area (Å²) in [7, 11) is 0. The van der Waals surface area contributed by atoms with Gasteiger partial charge in [-0.15, -0.1) is 0 Å². The van der Waals surface area contributed by atoms with E-state index in [9.17, 15) is 15.2 Å². The van der Waals surface area contributed by atoms with Crippen molar-refractivity contribution >= 4 is 22.4 Å². The van der Waals surface area contributed by atoms with Crippen LogP contribution < -0.4 is 4.90 Å². The number of nitrogens with zero attached hydrogens (tertiary/aromatic N) is 4. The Hall–Kier alpha value is -2.22. The number of nitro groups is 1. The van der Waals surface area contributed by atoms with E-state index in [0.29, 0.717) is 5.52 Å². The van der Waals surface area contributed by atoms with Crippen molar-refractivity contribution < 1.29 is 14.7 Å². The number of fused-ring (bicyclic) bond motifs is 1. The zero-order valence-corrected chi connectivity index (χ0v) is 10.7. The maximum Gasteiger partial charge on any atom is 0.300 e. The monoisotopic (exact) mass is 278 g/mol. The fourth-order valence-corrected chi connectivity index (χ4v) is 2.73. The average molecular weight is 278 g/mol. The first-order valence-corrected chi connectivity index (χ1v) is 6.49. The van der Waals surface area contributed by atoms with Crippen molar-refractivity contribution in [3.05, 3.63) is 22.2 Å². The molecule has 8 nitrogen and oxygen atoms in total. The van der Waals surface area contributed by atoms with E-state index in [4.69, 9.17) is 0 Å². The van der Waals surface area contributed by atoms with Crippen molar-refractivity contribution in [1.82, 2.24) is 10.3 Å². The fraction of sp³-hybridized carbons (Fsp3) is 0.500. The quantitative estimate of drug-likeness (QED) is 0.669. The van der Waals surface area contributed by atoms with Gasteiger partial charge in [-0.05, 0) is 35.6 Å². The van der Waals surface area contributed by atoms with Gasteiger partial charge in [0.1, 0.15) is 0 Å². The van der Waals surface area contributed by atoms with E-state index in [1.54, 1.807) is 6.07 Å². The molecule has 1 saturated heterocycles. The van der Waals surface area contributed by atoms with Crippen LogP contribution in [0.25, 0.3) is 11.0 Å². The third kappa shape index (κ3) is 1.97. The summed E-state index contributed by atoms with van der Waals surface area (Å²) in [6.45, 7) is 0.828. The summed E-state index contributed by atoms with van der Waals surface area (Å²) in [5.41, 5.74) is 1.13. The van der Waals surface area contributed by atoms with Gasteiger partial charge in [-0.2, -0.15) is 0 Å². The summed E-state index contributed by atoms with van der Waals surface area (Å²) >= 11 is 0. The van der Waals surface area contributed by atoms with Gasteiger partial charge < -0.3 is 10.0 Å². The first-order chi connectivity index (χ1) is 9.72. The van der Waals surface area contributed by atoms with Crippen LogP contribution in [-0.2, 0) is 0 Å². The lowest BCUT2D eigenvalue weighted by molar-refractivity contribution is -0.383. The number of piperidine rings is 1. The zero-order chi connectivity index (χ0) is 14.1. The summed E-state index contributed by atoms with van der Waals surface area (Å²) in [6, 6.07) is 3.06. The van der Waals surface area contributed by atoms with Gasteiger partial charge in [0, 0.05) is 12.6 Å². The van der Waals surface area contributed by atoms with Crippen LogP contribution in [0.5, 0.6) is 0 Å². The summed E-state index contributed by atoms with van der Waals surface area (Å²) in [6.07, 6.45) is 2.97. The van der Waals surface area contributed by atoms with Crippen LogP contribution in [0.2, 0.25) is 0 Å². The Kier molecular flexibility index (Phi) is 3.23. The van der Waals surface area contributed by atoms with Crippen molar-refractivity contribution in [2.75, 3.05) is 18.1 Å². The van der Waals surface area contributed by atoms with Crippen molar-refractivity contribution in [2.45, 2.75) is 25.3 Å². The molecule has 0 aliphatic carbocycles. The summed E-state index contributed by atoms with van der Waals surface area (Å²) in [5.74, 6) is 0. The van der Waals surface area contributed by atoms with Gasteiger partial charge in [0.15, 0.2) is 5.52 Å². The van der Waals surface area contributed by atoms with Gasteiger partial charge >= 0.3 is 5.69 Å². The topological polar surface area (TPSA) is 106 Å². The van der Waals surface area contributed by atoms with Gasteiger partial charge in [0.05, 0.1) is 23.3 Å². The van der Waals surface area contributed by atoms with Crippen LogP contribution in [-0.4, -0.2) is 39.5 Å². The predicted octanol–water partition coefficient (Wildman–Crippen LogP) is 1.48. The van der Waals surface area contributed by atoms with E-state index >= 15 is 0 Å². The lowest BCUT2D eigenvalue weighted by Crippen LogP contribution is -2.42. The Labute approximate surface area is 114 Å². The molecule has 1 unspecified atom stereocenters. The predicted molar refractivity (Wildman–Crippen MR) is 70.5 cm³/mol. The number of aromatic nitrogens is 2. The number of nitro benzene ring substituents is 1. The Morgan fingerprint density at radius 1 is 1.40 bits per heavy atom. The van der Waals surface area contributed by atoms with E-state index < -0.39 is 4.92 Å². The van der Waals surface area contributed by atoms with Crippen LogP contribution >= 0.6 is 0 Å². The van der Waals surface area contributed by atoms with Crippen LogP contribution in [0.1, 0.15) is 19.3 Å². The van der Waals surface area contributed by atoms with Crippen molar-refractivity contribution in [2.24, 2.45) is 0 Å². The highest BCUT2D eigenvalue weighted by atomic mass is 16.6. The number of benzene rings is 1. The molecular weight excluding hydrogens is 264 g/mol. The summed E-state index contributed by atoms with van der Waals surface area (Å²) in [4.78, 5) is 12.5. The molecule has 1 aromatic carbocycles. The number of aliphatic hydroxyl groups is 1. The van der Waals surface area contributed by atoms with Crippen LogP contribution in [0, 0.1) is 10.1 Å². The minimum atomic E-state index is -0.504. The molecular formula is C12H14N4O4. The normalized spacial score (nSPS) is 19.4. The molecule has 8 heteroatoms. The van der Waals surface area contributed by atoms with E-state index in [0.717, 1.165) is 31.5 Å². The van der Waals surface area contributed by atoms with Crippen molar-refractivity contribution in [1.29, 1.82) is 0 Å². The molecule has 2 aromatic rings. The number of hydrogen-bond acceptors (Lipinski definition) is 7. The van der Waals surface area contributed by atoms with Gasteiger partial charge in [-0.25, -0.2) is 4.63 Å². The zero-order valence-electron chi connectivity index (χ0n) is 10.7. The van der Waals surface area contributed by atoms with Crippen molar-refractivity contribution in [3.8, 4) is 0 Å². The summed E-state index contributed by atoms with van der Waals surface area (Å²) < 4.78 is 4.66. The lowest BCUT2D eigenvalue weighted by atomic mass is 10.0. The molecule has 1 atom stereocenters. The van der Waals surface area contributed by atoms with Crippen molar-refractivity contribution in [3.63, 3.8) is 0 Å². The van der Waals surface area contributed by atoms with E-state index in [1.165, 1.54) is 6.07 Å². The first kappa shape index (κ1) is 12.8. The Morgan fingerprint density at radius 3 is 2.95 bits per heavy atom. The lowest BCUT2D eigenvalue weighted by Gasteiger charge is -2.36. The Bertz CT molecular complexity index is 641. The molecule has 0 amide bonds. The van der Waals surface area contributed by atoms with E-state index in [2.05, 4.69) is 14.9 Å². The van der Waals surface area contributed by atoms with Gasteiger partial charge in [0.2, 0.25) is 5.52 Å². The van der Waals surface area contributed by atoms with E-state index in [1.807, 2.05) is 4.90 Å². The molecule has 1 aromatic heterocycles. The van der Waals surface area contributed by atoms with E-state index in [-0.39, 0.29) is 23.9 Å². The molecule has 106 valence electrons. The van der Waals surface area contributed by atoms with Gasteiger partial charge in [-0.3, -0.25) is 10.1 Å². The van der Waals surface area contributed by atoms with Gasteiger partial charge in [0.25, 0.3) is 0 Å². The smallest absolute Gasteiger partial charge is 0.300 e. The highest BCUT2D eigenvalue weighted by Crippen LogP contribution is 2.34.